The second-order valence-corrected chi connectivity index (χ2v) is 5.12. The van der Waals surface area contributed by atoms with Crippen molar-refractivity contribution in [3.63, 3.8) is 0 Å². The lowest BCUT2D eigenvalue weighted by molar-refractivity contribution is -0.398. The summed E-state index contributed by atoms with van der Waals surface area (Å²) in [5.74, 6) is -19.4. The summed E-state index contributed by atoms with van der Waals surface area (Å²) in [5.41, 5.74) is 0. The average Bonchev–Trinajstić information content (AvgIpc) is 2.37. The van der Waals surface area contributed by atoms with Crippen LogP contribution in [0.25, 0.3) is 0 Å². The Morgan fingerprint density at radius 1 is 0.870 bits per heavy atom. The van der Waals surface area contributed by atoms with E-state index in [2.05, 4.69) is 0 Å². The van der Waals surface area contributed by atoms with Gasteiger partial charge in [0.15, 0.2) is 0 Å². The lowest BCUT2D eigenvalue weighted by atomic mass is 9.98. The van der Waals surface area contributed by atoms with Gasteiger partial charge in [-0.3, -0.25) is 4.90 Å². The zero-order valence-electron chi connectivity index (χ0n) is 11.5. The van der Waals surface area contributed by atoms with Crippen molar-refractivity contribution in [1.82, 2.24) is 4.90 Å². The Bertz CT molecular complexity index is 393. The summed E-state index contributed by atoms with van der Waals surface area (Å²) in [7, 11) is 0. The second-order valence-electron chi connectivity index (χ2n) is 5.12. The zero-order valence-corrected chi connectivity index (χ0v) is 11.5. The summed E-state index contributed by atoms with van der Waals surface area (Å²) >= 11 is 0. The number of aliphatic hydroxyl groups excluding tert-OH is 1. The van der Waals surface area contributed by atoms with Crippen LogP contribution in [0.2, 0.25) is 0 Å². The van der Waals surface area contributed by atoms with Crippen LogP contribution in [0, 0.1) is 0 Å². The predicted molar refractivity (Wildman–Crippen MR) is 58.8 cm³/mol. The van der Waals surface area contributed by atoms with Crippen LogP contribution in [0.1, 0.15) is 6.42 Å². The third-order valence-electron chi connectivity index (χ3n) is 3.27. The molecule has 1 atom stereocenters. The van der Waals surface area contributed by atoms with Gasteiger partial charge in [-0.1, -0.05) is 0 Å². The Kier molecular flexibility index (Phi) is 5.85. The zero-order chi connectivity index (χ0) is 18.1. The van der Waals surface area contributed by atoms with Crippen LogP contribution in [-0.2, 0) is 4.74 Å². The molecule has 12 heteroatoms. The molecule has 1 heterocycles. The molecule has 1 rings (SSSR count). The molecule has 0 aromatic rings. The molecule has 1 fully saturated rings. The standard InChI is InChI=1S/C11H14F9NO2/c12-8(13,9(14,15)10(16,17)11(18,19)20)5-7(22)6-21-1-3-23-4-2-21/h7,22H,1-6H2. The minimum atomic E-state index is -6.93. The van der Waals surface area contributed by atoms with Crippen molar-refractivity contribution in [2.75, 3.05) is 32.8 Å². The summed E-state index contributed by atoms with van der Waals surface area (Å²) in [6.45, 7) is 0.152. The van der Waals surface area contributed by atoms with Gasteiger partial charge in [-0.25, -0.2) is 0 Å². The molecule has 0 spiro atoms. The highest BCUT2D eigenvalue weighted by Crippen LogP contribution is 2.54. The maximum Gasteiger partial charge on any atom is 0.460 e. The van der Waals surface area contributed by atoms with Crippen LogP contribution in [-0.4, -0.2) is 72.9 Å². The Morgan fingerprint density at radius 2 is 1.35 bits per heavy atom. The number of nitrogens with zero attached hydrogens (tertiary/aromatic N) is 1. The maximum absolute atomic E-state index is 13.3. The van der Waals surface area contributed by atoms with Crippen LogP contribution in [0.5, 0.6) is 0 Å². The van der Waals surface area contributed by atoms with E-state index < -0.39 is 43.0 Å². The first-order valence-electron chi connectivity index (χ1n) is 6.41. The first-order chi connectivity index (χ1) is 10.2. The van der Waals surface area contributed by atoms with E-state index in [4.69, 9.17) is 4.74 Å². The molecule has 0 saturated carbocycles. The Hall–Kier alpha value is -0.750. The summed E-state index contributed by atoms with van der Waals surface area (Å²) in [4.78, 5) is 1.34. The van der Waals surface area contributed by atoms with Crippen LogP contribution < -0.4 is 0 Å². The number of hydrogen-bond donors (Lipinski definition) is 1. The molecule has 1 saturated heterocycles. The molecule has 1 aliphatic heterocycles. The van der Waals surface area contributed by atoms with Gasteiger partial charge in [-0.15, -0.1) is 0 Å². The number of aliphatic hydroxyl groups is 1. The minimum Gasteiger partial charge on any atom is -0.392 e. The summed E-state index contributed by atoms with van der Waals surface area (Å²) in [5, 5.41) is 9.35. The van der Waals surface area contributed by atoms with Crippen molar-refractivity contribution in [3.8, 4) is 0 Å². The molecule has 0 aliphatic carbocycles. The number of morpholine rings is 1. The molecule has 1 aliphatic rings. The molecule has 0 radical (unpaired) electrons. The largest absolute Gasteiger partial charge is 0.460 e. The smallest absolute Gasteiger partial charge is 0.392 e. The van der Waals surface area contributed by atoms with Crippen LogP contribution in [0.4, 0.5) is 39.5 Å². The van der Waals surface area contributed by atoms with Gasteiger partial charge in [0.2, 0.25) is 0 Å². The van der Waals surface area contributed by atoms with E-state index in [9.17, 15) is 44.6 Å². The first kappa shape index (κ1) is 20.3. The Balaban J connectivity index is 2.79. The monoisotopic (exact) mass is 363 g/mol. The first-order valence-corrected chi connectivity index (χ1v) is 6.41. The van der Waals surface area contributed by atoms with Crippen molar-refractivity contribution >= 4 is 0 Å². The Labute approximate surface area is 125 Å². The van der Waals surface area contributed by atoms with Crippen LogP contribution >= 0.6 is 0 Å². The van der Waals surface area contributed by atoms with E-state index in [0.717, 1.165) is 0 Å². The molecule has 23 heavy (non-hydrogen) atoms. The lowest BCUT2D eigenvalue weighted by Crippen LogP contribution is -2.61. The number of rotatable bonds is 6. The number of halogens is 9. The fraction of sp³-hybridized carbons (Fsp3) is 1.00. The molecule has 0 aromatic heterocycles. The van der Waals surface area contributed by atoms with Gasteiger partial charge in [0.05, 0.1) is 19.3 Å². The fourth-order valence-corrected chi connectivity index (χ4v) is 1.98. The van der Waals surface area contributed by atoms with Gasteiger partial charge >= 0.3 is 23.9 Å². The molecule has 0 aromatic carbocycles. The molecular formula is C11H14F9NO2. The highest BCUT2D eigenvalue weighted by atomic mass is 19.4. The molecule has 1 unspecified atom stereocenters. The van der Waals surface area contributed by atoms with E-state index in [-0.39, 0.29) is 26.3 Å². The van der Waals surface area contributed by atoms with Crippen molar-refractivity contribution in [1.29, 1.82) is 0 Å². The van der Waals surface area contributed by atoms with Crippen molar-refractivity contribution in [2.45, 2.75) is 36.5 Å². The molecule has 138 valence electrons. The second kappa shape index (κ2) is 6.63. The molecule has 1 N–H and O–H groups in total. The van der Waals surface area contributed by atoms with Gasteiger partial charge in [-0.2, -0.15) is 39.5 Å². The predicted octanol–water partition coefficient (Wildman–Crippen LogP) is 2.54. The van der Waals surface area contributed by atoms with Crippen LogP contribution in [0.15, 0.2) is 0 Å². The number of ether oxygens (including phenoxy) is 1. The lowest BCUT2D eigenvalue weighted by Gasteiger charge is -2.35. The van der Waals surface area contributed by atoms with E-state index in [1.807, 2.05) is 0 Å². The van der Waals surface area contributed by atoms with Gasteiger partial charge < -0.3 is 9.84 Å². The number of β-amino-alcohol motifs (C(OH)–C–C–N with tert-alkyl or cyclic N) is 1. The average molecular weight is 363 g/mol. The Morgan fingerprint density at radius 3 is 1.78 bits per heavy atom. The van der Waals surface area contributed by atoms with Crippen LogP contribution in [0.3, 0.4) is 0 Å². The number of alkyl halides is 9. The summed E-state index contributed by atoms with van der Waals surface area (Å²) in [6.07, 6.45) is -11.3. The SMILES string of the molecule is OC(CN1CCOCC1)CC(F)(F)C(F)(F)C(F)(F)C(F)(F)F. The molecular weight excluding hydrogens is 349 g/mol. The topological polar surface area (TPSA) is 32.7 Å². The summed E-state index contributed by atoms with van der Waals surface area (Å²) in [6, 6.07) is 0. The third kappa shape index (κ3) is 4.21. The fourth-order valence-electron chi connectivity index (χ4n) is 1.98. The van der Waals surface area contributed by atoms with Crippen molar-refractivity contribution < 1.29 is 49.4 Å². The van der Waals surface area contributed by atoms with Gasteiger partial charge in [0, 0.05) is 26.1 Å². The summed E-state index contributed by atoms with van der Waals surface area (Å²) < 4.78 is 119. The molecule has 0 bridgehead atoms. The van der Waals surface area contributed by atoms with Gasteiger partial charge in [0.25, 0.3) is 0 Å². The highest BCUT2D eigenvalue weighted by Gasteiger charge is 2.81. The molecule has 0 amide bonds. The molecule has 3 nitrogen and oxygen atoms in total. The van der Waals surface area contributed by atoms with Crippen molar-refractivity contribution in [3.05, 3.63) is 0 Å². The van der Waals surface area contributed by atoms with Crippen molar-refractivity contribution in [2.24, 2.45) is 0 Å². The van der Waals surface area contributed by atoms with Gasteiger partial charge in [-0.05, 0) is 0 Å². The number of hydrogen-bond acceptors (Lipinski definition) is 3. The highest BCUT2D eigenvalue weighted by molar-refractivity contribution is 5.01. The van der Waals surface area contributed by atoms with Gasteiger partial charge in [0.1, 0.15) is 0 Å². The third-order valence-corrected chi connectivity index (χ3v) is 3.27. The minimum absolute atomic E-state index is 0.178. The normalized spacial score (nSPS) is 20.6. The van der Waals surface area contributed by atoms with E-state index in [1.165, 1.54) is 4.90 Å². The van der Waals surface area contributed by atoms with E-state index >= 15 is 0 Å². The maximum atomic E-state index is 13.3. The van der Waals surface area contributed by atoms with E-state index in [1.54, 1.807) is 0 Å². The quantitative estimate of drug-likeness (QED) is 0.737. The van der Waals surface area contributed by atoms with E-state index in [0.29, 0.717) is 0 Å².